The highest BCUT2D eigenvalue weighted by atomic mass is 79.9. The van der Waals surface area contributed by atoms with E-state index in [1.54, 1.807) is 0 Å². The Labute approximate surface area is 262 Å². The fraction of sp³-hybridized carbons (Fsp3) is 0.571. The van der Waals surface area contributed by atoms with Gasteiger partial charge in [-0.25, -0.2) is 9.78 Å². The maximum atomic E-state index is 12.9. The topological polar surface area (TPSA) is 126 Å². The number of rotatable bonds is 6. The second-order valence-electron chi connectivity index (χ2n) is 11.2. The second-order valence-corrected chi connectivity index (χ2v) is 12.1. The van der Waals surface area contributed by atoms with Gasteiger partial charge in [-0.05, 0) is 79.4 Å². The van der Waals surface area contributed by atoms with E-state index in [4.69, 9.17) is 20.7 Å². The predicted octanol–water partition coefficient (Wildman–Crippen LogP) is 6.34. The molecule has 224 valence electrons. The van der Waals surface area contributed by atoms with Crippen LogP contribution < -0.4 is 21.7 Å². The van der Waals surface area contributed by atoms with Crippen LogP contribution in [0.4, 0.5) is 22.2 Å². The van der Waals surface area contributed by atoms with Crippen molar-refractivity contribution < 1.29 is 4.79 Å². The Hall–Kier alpha value is -2.34. The summed E-state index contributed by atoms with van der Waals surface area (Å²) >= 11 is 3.50. The number of para-hydroxylation sites is 1. The number of piperidine rings is 1. The van der Waals surface area contributed by atoms with Gasteiger partial charge in [-0.3, -0.25) is 0 Å². The number of nitrogens with zero attached hydrogens (tertiary/aromatic N) is 5. The molecule has 1 aliphatic heterocycles. The molecule has 3 heterocycles. The number of amides is 2. The first-order chi connectivity index (χ1) is 19.0. The largest absolute Gasteiger partial charge is 0.365 e. The molecule has 2 amide bonds. The van der Waals surface area contributed by atoms with E-state index in [-0.39, 0.29) is 36.9 Å². The first-order valence-electron chi connectivity index (χ1n) is 14.4. The summed E-state index contributed by atoms with van der Waals surface area (Å²) < 4.78 is 3.13. The summed E-state index contributed by atoms with van der Waals surface area (Å²) in [5.41, 5.74) is 8.64. The Kier molecular flexibility index (Phi) is 11.0. The van der Waals surface area contributed by atoms with Gasteiger partial charge in [0.05, 0.1) is 12.0 Å². The van der Waals surface area contributed by atoms with Crippen molar-refractivity contribution in [1.82, 2.24) is 24.4 Å². The highest BCUT2D eigenvalue weighted by Gasteiger charge is 2.27. The van der Waals surface area contributed by atoms with Gasteiger partial charge in [0.15, 0.2) is 17.0 Å². The third kappa shape index (κ3) is 7.36. The van der Waals surface area contributed by atoms with E-state index >= 15 is 0 Å². The molecule has 2 saturated carbocycles. The summed E-state index contributed by atoms with van der Waals surface area (Å²) in [5, 5.41) is 10.3. The number of benzene rings is 1. The first-order valence-corrected chi connectivity index (χ1v) is 15.2. The minimum atomic E-state index is -0.0706. The molecule has 1 aromatic carbocycles. The van der Waals surface area contributed by atoms with Gasteiger partial charge in [0.2, 0.25) is 5.95 Å². The molecule has 1 saturated heterocycles. The molecule has 0 atom stereocenters. The van der Waals surface area contributed by atoms with Crippen LogP contribution in [0.5, 0.6) is 0 Å². The van der Waals surface area contributed by atoms with Gasteiger partial charge in [-0.1, -0.05) is 25.0 Å². The Balaban J connectivity index is 0.00000194. The van der Waals surface area contributed by atoms with Crippen molar-refractivity contribution in [3.8, 4) is 0 Å². The van der Waals surface area contributed by atoms with Crippen molar-refractivity contribution in [2.24, 2.45) is 5.73 Å². The normalized spacial score (nSPS) is 21.7. The van der Waals surface area contributed by atoms with Gasteiger partial charge >= 0.3 is 6.03 Å². The van der Waals surface area contributed by atoms with Crippen molar-refractivity contribution in [1.29, 1.82) is 0 Å². The van der Waals surface area contributed by atoms with Crippen molar-refractivity contribution in [3.05, 3.63) is 35.1 Å². The summed E-state index contributed by atoms with van der Waals surface area (Å²) in [6.07, 6.45) is 12.6. The van der Waals surface area contributed by atoms with E-state index in [0.29, 0.717) is 37.2 Å². The van der Waals surface area contributed by atoms with E-state index in [0.717, 1.165) is 65.7 Å². The van der Waals surface area contributed by atoms with Gasteiger partial charge in [0.1, 0.15) is 0 Å². The quantitative estimate of drug-likeness (QED) is 0.242. The zero-order valence-electron chi connectivity index (χ0n) is 23.1. The summed E-state index contributed by atoms with van der Waals surface area (Å²) in [7, 11) is 0. The Morgan fingerprint density at radius 2 is 1.59 bits per heavy atom. The number of imidazole rings is 1. The van der Waals surface area contributed by atoms with Crippen molar-refractivity contribution >= 4 is 75.4 Å². The Morgan fingerprint density at radius 1 is 0.902 bits per heavy atom. The van der Waals surface area contributed by atoms with Crippen LogP contribution in [0.25, 0.3) is 11.2 Å². The highest BCUT2D eigenvalue weighted by Crippen LogP contribution is 2.34. The highest BCUT2D eigenvalue weighted by molar-refractivity contribution is 9.10. The van der Waals surface area contributed by atoms with Gasteiger partial charge < -0.3 is 31.2 Å². The van der Waals surface area contributed by atoms with Crippen LogP contribution in [0.1, 0.15) is 70.3 Å². The van der Waals surface area contributed by atoms with Gasteiger partial charge in [-0.15, -0.1) is 24.8 Å². The number of likely N-dealkylation sites (tertiary alicyclic amines) is 1. The monoisotopic (exact) mass is 667 g/mol. The number of urea groups is 1. The third-order valence-corrected chi connectivity index (χ3v) is 9.17. The lowest BCUT2D eigenvalue weighted by Crippen LogP contribution is -2.44. The lowest BCUT2D eigenvalue weighted by molar-refractivity contribution is 0.197. The Morgan fingerprint density at radius 3 is 2.29 bits per heavy atom. The van der Waals surface area contributed by atoms with Gasteiger partial charge in [0, 0.05) is 41.7 Å². The SMILES string of the molecule is Cl.Cl.NC1CCC(Nc2nc(NC3CCN(C(=O)Nc4ccccc4Br)CC3)c3ncn(C4CCCC4)c3n2)CC1. The minimum absolute atomic E-state index is 0. The van der Waals surface area contributed by atoms with E-state index < -0.39 is 0 Å². The number of aromatic nitrogens is 4. The first kappa shape index (κ1) is 31.6. The zero-order chi connectivity index (χ0) is 26.8. The summed E-state index contributed by atoms with van der Waals surface area (Å²) in [6, 6.07) is 8.89. The lowest BCUT2D eigenvalue weighted by Gasteiger charge is -2.33. The molecule has 10 nitrogen and oxygen atoms in total. The average molecular weight is 669 g/mol. The average Bonchev–Trinajstić information content (AvgIpc) is 3.62. The number of hydrogen-bond donors (Lipinski definition) is 4. The molecule has 13 heteroatoms. The number of hydrogen-bond acceptors (Lipinski definition) is 7. The molecule has 41 heavy (non-hydrogen) atoms. The molecule has 2 aromatic heterocycles. The van der Waals surface area contributed by atoms with Crippen molar-refractivity contribution in [3.63, 3.8) is 0 Å². The zero-order valence-corrected chi connectivity index (χ0v) is 26.3. The predicted molar refractivity (Wildman–Crippen MR) is 173 cm³/mol. The molecule has 2 aliphatic carbocycles. The Bertz CT molecular complexity index is 1300. The number of fused-ring (bicyclic) bond motifs is 1. The number of nitrogens with one attached hydrogen (secondary N) is 3. The van der Waals surface area contributed by atoms with Crippen LogP contribution in [0, 0.1) is 0 Å². The summed E-state index contributed by atoms with van der Waals surface area (Å²) in [4.78, 5) is 29.4. The van der Waals surface area contributed by atoms with Crippen LogP contribution in [0.3, 0.4) is 0 Å². The third-order valence-electron chi connectivity index (χ3n) is 8.48. The molecule has 0 bridgehead atoms. The maximum absolute atomic E-state index is 12.9. The minimum Gasteiger partial charge on any atom is -0.365 e. The summed E-state index contributed by atoms with van der Waals surface area (Å²) in [6.45, 7) is 1.35. The van der Waals surface area contributed by atoms with Crippen LogP contribution >= 0.6 is 40.7 Å². The lowest BCUT2D eigenvalue weighted by atomic mass is 9.92. The molecule has 0 unspecified atom stereocenters. The number of halogens is 3. The molecule has 6 rings (SSSR count). The fourth-order valence-corrected chi connectivity index (χ4v) is 6.54. The molecule has 0 spiro atoms. The standard InChI is InChI=1S/C28H38BrN9O.2ClH/c29-22-7-3-4-8-23(22)34-28(39)37-15-13-20(14-16-37)32-25-24-26(38(17-31-24)21-5-1-2-6-21)36-27(35-25)33-19-11-9-18(30)10-12-19;;/h3-4,7-8,17-21H,1-2,5-6,9-16,30H2,(H,34,39)(H2,32,33,35,36);2*1H. The van der Waals surface area contributed by atoms with Crippen LogP contribution in [0.2, 0.25) is 0 Å². The molecular weight excluding hydrogens is 629 g/mol. The van der Waals surface area contributed by atoms with Gasteiger partial charge in [-0.2, -0.15) is 9.97 Å². The van der Waals surface area contributed by atoms with Crippen molar-refractivity contribution in [2.75, 3.05) is 29.0 Å². The molecule has 3 fully saturated rings. The molecule has 3 aromatic rings. The van der Waals surface area contributed by atoms with Gasteiger partial charge in [0.25, 0.3) is 0 Å². The van der Waals surface area contributed by atoms with Crippen LogP contribution in [0.15, 0.2) is 35.1 Å². The molecule has 5 N–H and O–H groups in total. The van der Waals surface area contributed by atoms with E-state index in [2.05, 4.69) is 36.4 Å². The maximum Gasteiger partial charge on any atom is 0.321 e. The van der Waals surface area contributed by atoms with Crippen LogP contribution in [-0.2, 0) is 0 Å². The number of carbonyl (C=O) groups is 1. The molecule has 3 aliphatic rings. The second kappa shape index (κ2) is 14.2. The van der Waals surface area contributed by atoms with E-state index in [1.165, 1.54) is 25.7 Å². The molecular formula is C28H40BrCl2N9O. The number of nitrogens with two attached hydrogens (primary N) is 1. The van der Waals surface area contributed by atoms with Crippen LogP contribution in [-0.4, -0.2) is 61.7 Å². The van der Waals surface area contributed by atoms with Crippen molar-refractivity contribution in [2.45, 2.75) is 88.4 Å². The van der Waals surface area contributed by atoms with E-state index in [1.807, 2.05) is 35.5 Å². The number of carbonyl (C=O) groups excluding carboxylic acids is 1. The smallest absolute Gasteiger partial charge is 0.321 e. The number of anilines is 3. The van der Waals surface area contributed by atoms with E-state index in [9.17, 15) is 4.79 Å². The fourth-order valence-electron chi connectivity index (χ4n) is 6.15. The summed E-state index contributed by atoms with van der Waals surface area (Å²) in [5.74, 6) is 1.44. The molecule has 0 radical (unpaired) electrons.